The van der Waals surface area contributed by atoms with Gasteiger partial charge in [-0.15, -0.1) is 0 Å². The van der Waals surface area contributed by atoms with Gasteiger partial charge in [0.05, 0.1) is 0 Å². The summed E-state index contributed by atoms with van der Waals surface area (Å²) in [5, 5.41) is 0. The molecule has 0 atom stereocenters. The Morgan fingerprint density at radius 2 is 1.86 bits per heavy atom. The molecule has 0 bridgehead atoms. The number of hydrogen-bond donors (Lipinski definition) is 0. The van der Waals surface area contributed by atoms with Crippen LogP contribution in [0.25, 0.3) is 0 Å². The van der Waals surface area contributed by atoms with Crippen molar-refractivity contribution in [3.05, 3.63) is 0 Å². The fraction of sp³-hybridized carbons (Fsp3) is 1.00. The quantitative estimate of drug-likeness (QED) is 0.666. The van der Waals surface area contributed by atoms with Gasteiger partial charge in [-0.3, -0.25) is 0 Å². The summed E-state index contributed by atoms with van der Waals surface area (Å²) in [6.45, 7) is 13.4. The second kappa shape index (κ2) is 5.16. The molecule has 1 nitrogen and oxygen atoms in total. The predicted octanol–water partition coefficient (Wildman–Crippen LogP) is 3.54. The minimum Gasteiger partial charge on any atom is -0.303 e. The SMILES string of the molecule is CCC1(CC)CCCN(CC(C)C)C1. The first kappa shape index (κ1) is 12.0. The van der Waals surface area contributed by atoms with Gasteiger partial charge < -0.3 is 4.90 Å². The number of piperidine rings is 1. The van der Waals surface area contributed by atoms with Crippen LogP contribution in [0.3, 0.4) is 0 Å². The average molecular weight is 197 g/mol. The Labute approximate surface area is 89.9 Å². The lowest BCUT2D eigenvalue weighted by Gasteiger charge is -2.42. The normalized spacial score (nSPS) is 22.9. The Bertz CT molecular complexity index is 159. The van der Waals surface area contributed by atoms with E-state index >= 15 is 0 Å². The molecule has 0 spiro atoms. The van der Waals surface area contributed by atoms with E-state index in [-0.39, 0.29) is 0 Å². The minimum atomic E-state index is 0.646. The highest BCUT2D eigenvalue weighted by Gasteiger charge is 2.31. The summed E-state index contributed by atoms with van der Waals surface area (Å²) in [5.74, 6) is 0.819. The molecule has 0 N–H and O–H groups in total. The smallest absolute Gasteiger partial charge is 0.00379 e. The maximum Gasteiger partial charge on any atom is 0.00379 e. The van der Waals surface area contributed by atoms with Gasteiger partial charge in [0.15, 0.2) is 0 Å². The standard InChI is InChI=1S/C13H27N/c1-5-13(6-2)8-7-9-14(11-13)10-12(3)4/h12H,5-11H2,1-4H3. The number of likely N-dealkylation sites (tertiary alicyclic amines) is 1. The third kappa shape index (κ3) is 2.98. The molecule has 1 aliphatic rings. The molecule has 0 aromatic carbocycles. The Balaban J connectivity index is 2.49. The van der Waals surface area contributed by atoms with Crippen molar-refractivity contribution in [3.8, 4) is 0 Å². The molecule has 0 radical (unpaired) electrons. The molecule has 0 saturated carbocycles. The van der Waals surface area contributed by atoms with Crippen LogP contribution in [-0.2, 0) is 0 Å². The molecule has 0 aromatic heterocycles. The lowest BCUT2D eigenvalue weighted by atomic mass is 9.75. The zero-order valence-electron chi connectivity index (χ0n) is 10.5. The van der Waals surface area contributed by atoms with Crippen molar-refractivity contribution in [1.82, 2.24) is 4.90 Å². The summed E-state index contributed by atoms with van der Waals surface area (Å²) in [6.07, 6.45) is 5.58. The van der Waals surface area contributed by atoms with Crippen molar-refractivity contribution in [1.29, 1.82) is 0 Å². The highest BCUT2D eigenvalue weighted by Crippen LogP contribution is 2.36. The molecular weight excluding hydrogens is 170 g/mol. The van der Waals surface area contributed by atoms with Gasteiger partial charge in [-0.05, 0) is 43.6 Å². The van der Waals surface area contributed by atoms with Gasteiger partial charge in [-0.1, -0.05) is 27.7 Å². The monoisotopic (exact) mass is 197 g/mol. The number of nitrogens with zero attached hydrogens (tertiary/aromatic N) is 1. The molecular formula is C13H27N. The topological polar surface area (TPSA) is 3.24 Å². The van der Waals surface area contributed by atoms with Crippen molar-refractivity contribution in [2.45, 2.75) is 53.4 Å². The molecule has 84 valence electrons. The molecule has 1 heterocycles. The lowest BCUT2D eigenvalue weighted by molar-refractivity contribution is 0.0721. The summed E-state index contributed by atoms with van der Waals surface area (Å²) >= 11 is 0. The molecule has 1 aliphatic heterocycles. The van der Waals surface area contributed by atoms with E-state index in [9.17, 15) is 0 Å². The van der Waals surface area contributed by atoms with Gasteiger partial charge in [-0.2, -0.15) is 0 Å². The molecule has 1 saturated heterocycles. The lowest BCUT2D eigenvalue weighted by Crippen LogP contribution is -2.44. The first-order chi connectivity index (χ1) is 6.62. The Morgan fingerprint density at radius 3 is 2.36 bits per heavy atom. The van der Waals surface area contributed by atoms with Crippen LogP contribution in [0.5, 0.6) is 0 Å². The fourth-order valence-corrected chi connectivity index (χ4v) is 2.81. The van der Waals surface area contributed by atoms with Crippen LogP contribution in [0, 0.1) is 11.3 Å². The first-order valence-electron chi connectivity index (χ1n) is 6.34. The number of rotatable bonds is 4. The molecule has 1 heteroatoms. The van der Waals surface area contributed by atoms with Crippen molar-refractivity contribution in [2.24, 2.45) is 11.3 Å². The first-order valence-corrected chi connectivity index (χ1v) is 6.34. The van der Waals surface area contributed by atoms with E-state index in [1.54, 1.807) is 0 Å². The molecule has 1 fully saturated rings. The van der Waals surface area contributed by atoms with Crippen LogP contribution < -0.4 is 0 Å². The largest absolute Gasteiger partial charge is 0.303 e. The highest BCUT2D eigenvalue weighted by molar-refractivity contribution is 4.85. The zero-order chi connectivity index (χ0) is 10.6. The van der Waals surface area contributed by atoms with Crippen LogP contribution in [0.4, 0.5) is 0 Å². The van der Waals surface area contributed by atoms with E-state index in [1.165, 1.54) is 45.3 Å². The van der Waals surface area contributed by atoms with Crippen LogP contribution in [0.1, 0.15) is 53.4 Å². The molecule has 14 heavy (non-hydrogen) atoms. The molecule has 1 rings (SSSR count). The summed E-state index contributed by atoms with van der Waals surface area (Å²) in [6, 6.07) is 0. The van der Waals surface area contributed by atoms with E-state index < -0.39 is 0 Å². The van der Waals surface area contributed by atoms with Crippen molar-refractivity contribution in [2.75, 3.05) is 19.6 Å². The second-order valence-electron chi connectivity index (χ2n) is 5.44. The summed E-state index contributed by atoms with van der Waals surface area (Å²) in [4.78, 5) is 2.68. The van der Waals surface area contributed by atoms with E-state index in [4.69, 9.17) is 0 Å². The summed E-state index contributed by atoms with van der Waals surface area (Å²) < 4.78 is 0. The van der Waals surface area contributed by atoms with Crippen molar-refractivity contribution in [3.63, 3.8) is 0 Å². The third-order valence-electron chi connectivity index (χ3n) is 3.86. The minimum absolute atomic E-state index is 0.646. The van der Waals surface area contributed by atoms with Gasteiger partial charge in [0.2, 0.25) is 0 Å². The van der Waals surface area contributed by atoms with Crippen LogP contribution in [0.2, 0.25) is 0 Å². The molecule has 0 amide bonds. The van der Waals surface area contributed by atoms with Gasteiger partial charge in [0.25, 0.3) is 0 Å². The average Bonchev–Trinajstić information content (AvgIpc) is 2.17. The van der Waals surface area contributed by atoms with Crippen LogP contribution in [0.15, 0.2) is 0 Å². The van der Waals surface area contributed by atoms with E-state index in [2.05, 4.69) is 32.6 Å². The molecule has 0 unspecified atom stereocenters. The van der Waals surface area contributed by atoms with Gasteiger partial charge >= 0.3 is 0 Å². The van der Waals surface area contributed by atoms with Gasteiger partial charge in [0, 0.05) is 13.1 Å². The molecule has 0 aromatic rings. The van der Waals surface area contributed by atoms with Gasteiger partial charge in [-0.25, -0.2) is 0 Å². The number of hydrogen-bond acceptors (Lipinski definition) is 1. The fourth-order valence-electron chi connectivity index (χ4n) is 2.81. The summed E-state index contributed by atoms with van der Waals surface area (Å²) in [5.41, 5.74) is 0.646. The summed E-state index contributed by atoms with van der Waals surface area (Å²) in [7, 11) is 0. The second-order valence-corrected chi connectivity index (χ2v) is 5.44. The van der Waals surface area contributed by atoms with Crippen LogP contribution >= 0.6 is 0 Å². The van der Waals surface area contributed by atoms with E-state index in [0.717, 1.165) is 5.92 Å². The Hall–Kier alpha value is -0.0400. The Morgan fingerprint density at radius 1 is 1.21 bits per heavy atom. The van der Waals surface area contributed by atoms with E-state index in [0.29, 0.717) is 5.41 Å². The van der Waals surface area contributed by atoms with Crippen LogP contribution in [-0.4, -0.2) is 24.5 Å². The zero-order valence-corrected chi connectivity index (χ0v) is 10.5. The third-order valence-corrected chi connectivity index (χ3v) is 3.86. The van der Waals surface area contributed by atoms with E-state index in [1.807, 2.05) is 0 Å². The maximum atomic E-state index is 2.68. The maximum absolute atomic E-state index is 2.68. The van der Waals surface area contributed by atoms with Crippen molar-refractivity contribution < 1.29 is 0 Å². The molecule has 0 aliphatic carbocycles. The predicted molar refractivity (Wildman–Crippen MR) is 63.5 cm³/mol. The Kier molecular flexibility index (Phi) is 4.43. The van der Waals surface area contributed by atoms with Crippen molar-refractivity contribution >= 4 is 0 Å². The van der Waals surface area contributed by atoms with Gasteiger partial charge in [0.1, 0.15) is 0 Å². The highest BCUT2D eigenvalue weighted by atomic mass is 15.1.